The molecule has 2 aromatic carbocycles. The van der Waals surface area contributed by atoms with Crippen LogP contribution in [-0.2, 0) is 9.59 Å². The molecule has 0 aromatic heterocycles. The molecule has 0 aliphatic rings. The van der Waals surface area contributed by atoms with Crippen LogP contribution in [0, 0.1) is 0 Å². The quantitative estimate of drug-likeness (QED) is 0.464. The third-order valence-corrected chi connectivity index (χ3v) is 4.58. The van der Waals surface area contributed by atoms with Gasteiger partial charge in [0, 0.05) is 28.1 Å². The standard InChI is InChI=1S/C19H20N4O2S2.2H2/c1-22(18(26)14-9-5-3-6-10-14)20-16(24)13-17(25)21-23(2)19(27)15-11-7-4-8-12-15;;/h3-12H,13H2,1-2H3,(H,20,24)(H,21,25);2*1H. The van der Waals surface area contributed by atoms with Crippen LogP contribution in [-0.4, -0.2) is 45.9 Å². The van der Waals surface area contributed by atoms with Crippen molar-refractivity contribution in [1.29, 1.82) is 0 Å². The van der Waals surface area contributed by atoms with E-state index in [0.29, 0.717) is 9.98 Å². The van der Waals surface area contributed by atoms with Crippen LogP contribution in [0.5, 0.6) is 0 Å². The number of hydrazine groups is 2. The molecule has 0 heterocycles. The molecule has 6 nitrogen and oxygen atoms in total. The maximum Gasteiger partial charge on any atom is 0.248 e. The molecule has 8 heteroatoms. The van der Waals surface area contributed by atoms with Crippen molar-refractivity contribution in [1.82, 2.24) is 20.9 Å². The molecule has 0 radical (unpaired) electrons. The summed E-state index contributed by atoms with van der Waals surface area (Å²) in [4.78, 5) is 25.1. The second-order valence-electron chi connectivity index (χ2n) is 5.71. The fourth-order valence-electron chi connectivity index (χ4n) is 2.25. The van der Waals surface area contributed by atoms with Crippen molar-refractivity contribution in [3.8, 4) is 0 Å². The van der Waals surface area contributed by atoms with Crippen LogP contribution in [0.4, 0.5) is 0 Å². The van der Waals surface area contributed by atoms with E-state index in [1.807, 2.05) is 60.7 Å². The van der Waals surface area contributed by atoms with Crippen LogP contribution >= 0.6 is 24.4 Å². The van der Waals surface area contributed by atoms with E-state index in [2.05, 4.69) is 10.9 Å². The predicted octanol–water partition coefficient (Wildman–Crippen LogP) is 2.55. The third kappa shape index (κ3) is 6.12. The lowest BCUT2D eigenvalue weighted by atomic mass is 10.2. The number of rotatable bonds is 4. The molecule has 2 N–H and O–H groups in total. The first-order valence-electron chi connectivity index (χ1n) is 8.13. The van der Waals surface area contributed by atoms with Gasteiger partial charge in [0.05, 0.1) is 0 Å². The van der Waals surface area contributed by atoms with Gasteiger partial charge in [-0.2, -0.15) is 0 Å². The van der Waals surface area contributed by atoms with Crippen LogP contribution in [0.3, 0.4) is 0 Å². The fraction of sp³-hybridized carbons (Fsp3) is 0.158. The number of benzene rings is 2. The van der Waals surface area contributed by atoms with Gasteiger partial charge in [-0.25, -0.2) is 0 Å². The van der Waals surface area contributed by atoms with Crippen molar-refractivity contribution in [2.24, 2.45) is 0 Å². The van der Waals surface area contributed by atoms with Crippen LogP contribution in [0.15, 0.2) is 60.7 Å². The van der Waals surface area contributed by atoms with Gasteiger partial charge in [-0.05, 0) is 0 Å². The first-order chi connectivity index (χ1) is 12.9. The average Bonchev–Trinajstić information content (AvgIpc) is 2.67. The van der Waals surface area contributed by atoms with Crippen molar-refractivity contribution >= 4 is 46.2 Å². The highest BCUT2D eigenvalue weighted by Gasteiger charge is 2.16. The topological polar surface area (TPSA) is 64.7 Å². The van der Waals surface area contributed by atoms with Gasteiger partial charge < -0.3 is 0 Å². The molecule has 2 amide bonds. The van der Waals surface area contributed by atoms with Crippen molar-refractivity contribution in [2.45, 2.75) is 6.42 Å². The van der Waals surface area contributed by atoms with Gasteiger partial charge in [-0.1, -0.05) is 85.1 Å². The van der Waals surface area contributed by atoms with E-state index in [0.717, 1.165) is 11.1 Å². The van der Waals surface area contributed by atoms with Crippen LogP contribution in [0.1, 0.15) is 20.4 Å². The second-order valence-corrected chi connectivity index (χ2v) is 6.48. The summed E-state index contributed by atoms with van der Waals surface area (Å²) in [6.45, 7) is 0. The Labute approximate surface area is 172 Å². The molecule has 2 aromatic rings. The van der Waals surface area contributed by atoms with Crippen molar-refractivity contribution in [3.05, 3.63) is 71.8 Å². The van der Waals surface area contributed by atoms with Gasteiger partial charge in [-0.3, -0.25) is 30.5 Å². The largest absolute Gasteiger partial charge is 0.277 e. The zero-order valence-electron chi connectivity index (χ0n) is 15.0. The van der Waals surface area contributed by atoms with Gasteiger partial charge in [0.1, 0.15) is 16.4 Å². The summed E-state index contributed by atoms with van der Waals surface area (Å²) >= 11 is 10.6. The van der Waals surface area contributed by atoms with Gasteiger partial charge in [0.15, 0.2) is 0 Å². The Bertz CT molecular complexity index is 769. The van der Waals surface area contributed by atoms with Gasteiger partial charge >= 0.3 is 0 Å². The van der Waals surface area contributed by atoms with Crippen molar-refractivity contribution < 1.29 is 12.4 Å². The number of hydrogen-bond acceptors (Lipinski definition) is 4. The number of nitrogens with zero attached hydrogens (tertiary/aromatic N) is 2. The summed E-state index contributed by atoms with van der Waals surface area (Å²) in [5.74, 6) is -0.959. The van der Waals surface area contributed by atoms with E-state index >= 15 is 0 Å². The van der Waals surface area contributed by atoms with Crippen LogP contribution < -0.4 is 10.9 Å². The average molecular weight is 405 g/mol. The number of carbonyl (C=O) groups is 2. The molecule has 2 rings (SSSR count). The Morgan fingerprint density at radius 3 is 1.44 bits per heavy atom. The van der Waals surface area contributed by atoms with E-state index in [1.54, 1.807) is 14.1 Å². The first-order valence-corrected chi connectivity index (χ1v) is 8.95. The Hall–Kier alpha value is -2.84. The normalized spacial score (nSPS) is 9.85. The summed E-state index contributed by atoms with van der Waals surface area (Å²) in [5, 5.41) is 2.83. The minimum atomic E-state index is -0.479. The second kappa shape index (κ2) is 9.75. The predicted molar refractivity (Wildman–Crippen MR) is 117 cm³/mol. The molecule has 0 saturated carbocycles. The Kier molecular flexibility index (Phi) is 7.39. The maximum atomic E-state index is 12.1. The number of carbonyl (C=O) groups excluding carboxylic acids is 2. The van der Waals surface area contributed by atoms with Crippen molar-refractivity contribution in [2.75, 3.05) is 14.1 Å². The molecule has 27 heavy (non-hydrogen) atoms. The summed E-state index contributed by atoms with van der Waals surface area (Å²) in [7, 11) is 3.25. The molecule has 0 aliphatic heterocycles. The minimum absolute atomic E-state index is 0. The summed E-state index contributed by atoms with van der Waals surface area (Å²) in [6.07, 6.45) is -0.358. The zero-order valence-corrected chi connectivity index (χ0v) is 16.6. The smallest absolute Gasteiger partial charge is 0.248 e. The molecule has 0 bridgehead atoms. The van der Waals surface area contributed by atoms with E-state index in [-0.39, 0.29) is 9.27 Å². The molecule has 0 fully saturated rings. The molecule has 0 atom stereocenters. The maximum absolute atomic E-state index is 12.1. The van der Waals surface area contributed by atoms with E-state index in [1.165, 1.54) is 10.0 Å². The Morgan fingerprint density at radius 2 is 1.11 bits per heavy atom. The summed E-state index contributed by atoms with van der Waals surface area (Å²) in [6, 6.07) is 18.6. The Morgan fingerprint density at radius 1 is 0.778 bits per heavy atom. The van der Waals surface area contributed by atoms with Crippen LogP contribution in [0.2, 0.25) is 0 Å². The number of nitrogens with one attached hydrogen (secondary N) is 2. The molecular formula is C19H24N4O2S2. The fourth-order valence-corrected chi connectivity index (χ4v) is 2.61. The van der Waals surface area contributed by atoms with Gasteiger partial charge in [-0.15, -0.1) is 0 Å². The van der Waals surface area contributed by atoms with E-state index < -0.39 is 11.8 Å². The first kappa shape index (κ1) is 20.5. The lowest BCUT2D eigenvalue weighted by Crippen LogP contribution is -2.47. The molecule has 0 aliphatic carbocycles. The van der Waals surface area contributed by atoms with Crippen molar-refractivity contribution in [3.63, 3.8) is 0 Å². The molecule has 0 saturated heterocycles. The van der Waals surface area contributed by atoms with E-state index in [9.17, 15) is 9.59 Å². The Balaban J connectivity index is 0.00000392. The molecule has 144 valence electrons. The highest BCUT2D eigenvalue weighted by molar-refractivity contribution is 7.80. The van der Waals surface area contributed by atoms with Crippen LogP contribution in [0.25, 0.3) is 0 Å². The minimum Gasteiger partial charge on any atom is -0.277 e. The van der Waals surface area contributed by atoms with E-state index in [4.69, 9.17) is 24.4 Å². The summed E-state index contributed by atoms with van der Waals surface area (Å²) in [5.41, 5.74) is 6.77. The molecule has 0 spiro atoms. The summed E-state index contributed by atoms with van der Waals surface area (Å²) < 4.78 is 0. The lowest BCUT2D eigenvalue weighted by Gasteiger charge is -2.23. The monoisotopic (exact) mass is 404 g/mol. The zero-order chi connectivity index (χ0) is 19.8. The highest BCUT2D eigenvalue weighted by Crippen LogP contribution is 2.04. The SMILES string of the molecule is CN(NC(=O)CC(=O)NN(C)C(=S)c1ccccc1)C(=S)c1ccccc1.[HH].[HH]. The molecule has 0 unspecified atom stereocenters. The highest BCUT2D eigenvalue weighted by atomic mass is 32.1. The van der Waals surface area contributed by atoms with Gasteiger partial charge in [0.2, 0.25) is 11.8 Å². The third-order valence-electron chi connectivity index (χ3n) is 3.56. The number of thiocarbonyl (C=S) groups is 2. The number of hydrogen-bond donors (Lipinski definition) is 2. The molecular weight excluding hydrogens is 380 g/mol. The number of amides is 2. The van der Waals surface area contributed by atoms with Gasteiger partial charge in [0.25, 0.3) is 0 Å². The lowest BCUT2D eigenvalue weighted by molar-refractivity contribution is -0.132.